The van der Waals surface area contributed by atoms with Gasteiger partial charge in [-0.15, -0.1) is 0 Å². The lowest BCUT2D eigenvalue weighted by Crippen LogP contribution is -2.31. The quantitative estimate of drug-likeness (QED) is 0.267. The Balaban J connectivity index is 1.86. The van der Waals surface area contributed by atoms with E-state index in [1.165, 1.54) is 0 Å². The van der Waals surface area contributed by atoms with E-state index in [0.29, 0.717) is 11.0 Å². The Hall–Kier alpha value is -3.60. The number of aromatic nitrogens is 2. The van der Waals surface area contributed by atoms with Crippen molar-refractivity contribution in [3.8, 4) is 22.4 Å². The van der Waals surface area contributed by atoms with E-state index in [1.807, 2.05) is 42.8 Å². The Kier molecular flexibility index (Phi) is 4.13. The first-order valence-electron chi connectivity index (χ1n) is 9.68. The summed E-state index contributed by atoms with van der Waals surface area (Å²) in [6.45, 7) is 4.05. The van der Waals surface area contributed by atoms with Crippen molar-refractivity contribution in [1.29, 1.82) is 0 Å². The van der Waals surface area contributed by atoms with Crippen molar-refractivity contribution in [1.82, 2.24) is 4.98 Å². The molecular formula is C25H19F2N2O+. The Morgan fingerprint density at radius 1 is 0.933 bits per heavy atom. The fraction of sp³-hybridized carbons (Fsp3) is 0.120. The number of furan rings is 1. The van der Waals surface area contributed by atoms with Gasteiger partial charge < -0.3 is 4.42 Å². The van der Waals surface area contributed by atoms with Crippen LogP contribution in [0.15, 0.2) is 65.2 Å². The second kappa shape index (κ2) is 6.73. The molecule has 3 heterocycles. The van der Waals surface area contributed by atoms with Gasteiger partial charge in [-0.3, -0.25) is 0 Å². The first kappa shape index (κ1) is 18.4. The highest BCUT2D eigenvalue weighted by molar-refractivity contribution is 6.09. The zero-order chi connectivity index (χ0) is 21.0. The summed E-state index contributed by atoms with van der Waals surface area (Å²) in [6.07, 6.45) is 2.07. The Morgan fingerprint density at radius 3 is 2.47 bits per heavy atom. The number of hydrogen-bond donors (Lipinski definition) is 0. The molecule has 5 heteroatoms. The average molecular weight is 401 g/mol. The summed E-state index contributed by atoms with van der Waals surface area (Å²) in [5.41, 5.74) is 6.55. The molecule has 0 saturated carbocycles. The predicted octanol–water partition coefficient (Wildman–Crippen LogP) is 6.03. The lowest BCUT2D eigenvalue weighted by Gasteiger charge is -2.10. The maximum Gasteiger partial charge on any atom is 0.232 e. The van der Waals surface area contributed by atoms with E-state index in [4.69, 9.17) is 4.42 Å². The predicted molar refractivity (Wildman–Crippen MR) is 113 cm³/mol. The van der Waals surface area contributed by atoms with E-state index in [9.17, 15) is 8.78 Å². The molecule has 0 amide bonds. The highest BCUT2D eigenvalue weighted by atomic mass is 19.1. The van der Waals surface area contributed by atoms with Crippen LogP contribution < -0.4 is 4.57 Å². The maximum atomic E-state index is 14.5. The summed E-state index contributed by atoms with van der Waals surface area (Å²) in [6, 6.07) is 16.8. The molecule has 0 aliphatic carbocycles. The molecule has 5 rings (SSSR count). The minimum absolute atomic E-state index is 0.0348. The molecule has 0 radical (unpaired) electrons. The minimum atomic E-state index is -0.899. The molecule has 2 aromatic carbocycles. The van der Waals surface area contributed by atoms with E-state index in [-0.39, 0.29) is 11.1 Å². The fourth-order valence-corrected chi connectivity index (χ4v) is 4.14. The highest BCUT2D eigenvalue weighted by Crippen LogP contribution is 2.38. The molecular weight excluding hydrogens is 382 g/mol. The monoisotopic (exact) mass is 401 g/mol. The van der Waals surface area contributed by atoms with Gasteiger partial charge in [0.2, 0.25) is 17.4 Å². The van der Waals surface area contributed by atoms with Gasteiger partial charge in [0, 0.05) is 23.1 Å². The molecule has 0 saturated heterocycles. The number of nitrogens with zero attached hydrogens (tertiary/aromatic N) is 2. The third-order valence-corrected chi connectivity index (χ3v) is 5.56. The lowest BCUT2D eigenvalue weighted by molar-refractivity contribution is -0.660. The standard InChI is InChI=1S/C25H19F2N2O/c1-14-9-10-17-23-19(26)12-21(27)28-25(23)30-24(17)22(14)20-11-18(15(2)13-29(20)3)16-7-5-4-6-8-16/h4-13H,1-3H3/q+1. The zero-order valence-electron chi connectivity index (χ0n) is 16.8. The molecule has 0 atom stereocenters. The van der Waals surface area contributed by atoms with E-state index in [0.717, 1.165) is 39.6 Å². The smallest absolute Gasteiger partial charge is 0.232 e. The molecule has 148 valence electrons. The number of halogens is 2. The molecule has 3 nitrogen and oxygen atoms in total. The topological polar surface area (TPSA) is 29.9 Å². The Morgan fingerprint density at radius 2 is 1.70 bits per heavy atom. The molecule has 0 unspecified atom stereocenters. The summed E-state index contributed by atoms with van der Waals surface area (Å²) in [5.74, 6) is -1.58. The second-order valence-electron chi connectivity index (χ2n) is 7.58. The number of hydrogen-bond acceptors (Lipinski definition) is 2. The van der Waals surface area contributed by atoms with Crippen LogP contribution >= 0.6 is 0 Å². The highest BCUT2D eigenvalue weighted by Gasteiger charge is 2.24. The van der Waals surface area contributed by atoms with Gasteiger partial charge in [-0.1, -0.05) is 42.5 Å². The van der Waals surface area contributed by atoms with Crippen LogP contribution in [0.3, 0.4) is 0 Å². The van der Waals surface area contributed by atoms with Gasteiger partial charge >= 0.3 is 0 Å². The number of pyridine rings is 2. The molecule has 30 heavy (non-hydrogen) atoms. The van der Waals surface area contributed by atoms with Crippen LogP contribution in [0, 0.1) is 25.6 Å². The van der Waals surface area contributed by atoms with Crippen LogP contribution in [0.2, 0.25) is 0 Å². The van der Waals surface area contributed by atoms with E-state index < -0.39 is 11.8 Å². The summed E-state index contributed by atoms with van der Waals surface area (Å²) < 4.78 is 36.1. The lowest BCUT2D eigenvalue weighted by atomic mass is 9.96. The van der Waals surface area contributed by atoms with Crippen LogP contribution in [-0.2, 0) is 7.05 Å². The third kappa shape index (κ3) is 2.77. The van der Waals surface area contributed by atoms with Gasteiger partial charge in [0.1, 0.15) is 12.9 Å². The SMILES string of the molecule is Cc1c[n+](C)c(-c2c(C)ccc3c2oc2nc(F)cc(F)c23)cc1-c1ccccc1. The third-order valence-electron chi connectivity index (χ3n) is 5.56. The normalized spacial score (nSPS) is 11.5. The molecule has 0 bridgehead atoms. The van der Waals surface area contributed by atoms with Crippen LogP contribution in [0.5, 0.6) is 0 Å². The molecule has 0 N–H and O–H groups in total. The molecule has 0 fully saturated rings. The molecule has 5 aromatic rings. The average Bonchev–Trinajstić information content (AvgIpc) is 3.08. The molecule has 0 aliphatic heterocycles. The van der Waals surface area contributed by atoms with Crippen molar-refractivity contribution in [2.45, 2.75) is 13.8 Å². The van der Waals surface area contributed by atoms with Gasteiger partial charge in [0.25, 0.3) is 0 Å². The van der Waals surface area contributed by atoms with Gasteiger partial charge in [-0.05, 0) is 30.5 Å². The van der Waals surface area contributed by atoms with Crippen molar-refractivity contribution < 1.29 is 17.8 Å². The van der Waals surface area contributed by atoms with Crippen LogP contribution in [-0.4, -0.2) is 4.98 Å². The van der Waals surface area contributed by atoms with Crippen LogP contribution in [0.25, 0.3) is 44.5 Å². The molecule has 0 spiro atoms. The second-order valence-corrected chi connectivity index (χ2v) is 7.58. The van der Waals surface area contributed by atoms with Gasteiger partial charge in [0.15, 0.2) is 11.8 Å². The largest absolute Gasteiger partial charge is 0.437 e. The Labute approximate surface area is 172 Å². The van der Waals surface area contributed by atoms with E-state index in [2.05, 4.69) is 36.3 Å². The van der Waals surface area contributed by atoms with E-state index >= 15 is 0 Å². The zero-order valence-corrected chi connectivity index (χ0v) is 16.8. The van der Waals surface area contributed by atoms with Crippen molar-refractivity contribution >= 4 is 22.1 Å². The van der Waals surface area contributed by atoms with Gasteiger partial charge in [-0.2, -0.15) is 9.37 Å². The number of fused-ring (bicyclic) bond motifs is 3. The Bertz CT molecular complexity index is 1440. The van der Waals surface area contributed by atoms with Crippen molar-refractivity contribution in [3.05, 3.63) is 83.7 Å². The van der Waals surface area contributed by atoms with E-state index in [1.54, 1.807) is 6.07 Å². The van der Waals surface area contributed by atoms with Gasteiger partial charge in [0.05, 0.1) is 10.9 Å². The summed E-state index contributed by atoms with van der Waals surface area (Å²) >= 11 is 0. The first-order chi connectivity index (χ1) is 14.4. The number of aryl methyl sites for hydroxylation is 3. The molecule has 0 aliphatic rings. The van der Waals surface area contributed by atoms with Crippen molar-refractivity contribution in [2.24, 2.45) is 7.05 Å². The number of rotatable bonds is 2. The first-order valence-corrected chi connectivity index (χ1v) is 9.68. The minimum Gasteiger partial charge on any atom is -0.437 e. The van der Waals surface area contributed by atoms with Crippen LogP contribution in [0.4, 0.5) is 8.78 Å². The van der Waals surface area contributed by atoms with Crippen molar-refractivity contribution in [3.63, 3.8) is 0 Å². The number of benzene rings is 2. The molecule has 3 aromatic heterocycles. The van der Waals surface area contributed by atoms with Crippen LogP contribution in [0.1, 0.15) is 11.1 Å². The van der Waals surface area contributed by atoms with Crippen molar-refractivity contribution in [2.75, 3.05) is 0 Å². The maximum absolute atomic E-state index is 14.5. The fourth-order valence-electron chi connectivity index (χ4n) is 4.14. The van der Waals surface area contributed by atoms with Gasteiger partial charge in [-0.25, -0.2) is 8.96 Å². The summed E-state index contributed by atoms with van der Waals surface area (Å²) in [7, 11) is 1.97. The summed E-state index contributed by atoms with van der Waals surface area (Å²) in [5, 5.41) is 0.781. The summed E-state index contributed by atoms with van der Waals surface area (Å²) in [4.78, 5) is 3.76.